The number of nitrogens with two attached hydrogens (primary N) is 1. The highest BCUT2D eigenvalue weighted by Gasteiger charge is 2.23. The van der Waals surface area contributed by atoms with Crippen molar-refractivity contribution in [2.24, 2.45) is 5.92 Å². The number of nitrogens with one attached hydrogen (secondary N) is 2. The lowest BCUT2D eigenvalue weighted by atomic mass is 9.96. The van der Waals surface area contributed by atoms with E-state index in [2.05, 4.69) is 25.6 Å². The Morgan fingerprint density at radius 2 is 1.85 bits per heavy atom. The monoisotopic (exact) mass is 452 g/mol. The molecular formula is C24H26F2N6O. The molecule has 1 aliphatic rings. The van der Waals surface area contributed by atoms with E-state index >= 15 is 0 Å². The van der Waals surface area contributed by atoms with Crippen LogP contribution in [0.1, 0.15) is 35.8 Å². The van der Waals surface area contributed by atoms with E-state index in [1.807, 2.05) is 6.92 Å². The SMILES string of the molecule is CCc1ncnc(-c2cc(F)c(C(=O)NCC3CCNCC3)c(F)c2)c1-c1ccc(N)nc1. The van der Waals surface area contributed by atoms with Crippen molar-refractivity contribution in [3.05, 3.63) is 59.7 Å². The first-order valence-electron chi connectivity index (χ1n) is 11.0. The number of aryl methyl sites for hydroxylation is 1. The fourth-order valence-corrected chi connectivity index (χ4v) is 4.10. The summed E-state index contributed by atoms with van der Waals surface area (Å²) in [6, 6.07) is 5.68. The van der Waals surface area contributed by atoms with Gasteiger partial charge in [-0.1, -0.05) is 6.92 Å². The first kappa shape index (κ1) is 22.7. The van der Waals surface area contributed by atoms with Crippen LogP contribution in [-0.2, 0) is 6.42 Å². The third-order valence-corrected chi connectivity index (χ3v) is 5.89. The second-order valence-electron chi connectivity index (χ2n) is 8.09. The van der Waals surface area contributed by atoms with Gasteiger partial charge in [-0.2, -0.15) is 0 Å². The summed E-state index contributed by atoms with van der Waals surface area (Å²) in [5, 5.41) is 5.93. The highest BCUT2D eigenvalue weighted by Crippen LogP contribution is 2.34. The minimum Gasteiger partial charge on any atom is -0.384 e. The van der Waals surface area contributed by atoms with Crippen molar-refractivity contribution in [2.75, 3.05) is 25.4 Å². The van der Waals surface area contributed by atoms with Crippen LogP contribution in [0.5, 0.6) is 0 Å². The molecule has 1 saturated heterocycles. The lowest BCUT2D eigenvalue weighted by Crippen LogP contribution is -2.36. The Labute approximate surface area is 190 Å². The van der Waals surface area contributed by atoms with E-state index < -0.39 is 23.1 Å². The van der Waals surface area contributed by atoms with Crippen LogP contribution in [0.25, 0.3) is 22.4 Å². The number of rotatable bonds is 6. The molecule has 0 radical (unpaired) electrons. The number of nitrogens with zero attached hydrogens (tertiary/aromatic N) is 3. The van der Waals surface area contributed by atoms with Gasteiger partial charge in [0.15, 0.2) is 0 Å². The van der Waals surface area contributed by atoms with Gasteiger partial charge >= 0.3 is 0 Å². The van der Waals surface area contributed by atoms with Gasteiger partial charge in [0.05, 0.1) is 11.4 Å². The van der Waals surface area contributed by atoms with Gasteiger partial charge in [0.2, 0.25) is 0 Å². The maximum absolute atomic E-state index is 15.0. The zero-order chi connectivity index (χ0) is 23.4. The molecule has 1 fully saturated rings. The summed E-state index contributed by atoms with van der Waals surface area (Å²) < 4.78 is 30.0. The van der Waals surface area contributed by atoms with Gasteiger partial charge in [-0.3, -0.25) is 4.79 Å². The van der Waals surface area contributed by atoms with Gasteiger partial charge in [0.25, 0.3) is 5.91 Å². The van der Waals surface area contributed by atoms with E-state index in [9.17, 15) is 13.6 Å². The Morgan fingerprint density at radius 3 is 2.48 bits per heavy atom. The predicted octanol–water partition coefficient (Wildman–Crippen LogP) is 3.36. The fraction of sp³-hybridized carbons (Fsp3) is 0.333. The van der Waals surface area contributed by atoms with Crippen LogP contribution in [0.4, 0.5) is 14.6 Å². The predicted molar refractivity (Wildman–Crippen MR) is 122 cm³/mol. The molecule has 4 rings (SSSR count). The van der Waals surface area contributed by atoms with Crippen molar-refractivity contribution in [2.45, 2.75) is 26.2 Å². The molecule has 172 valence electrons. The molecule has 2 aromatic heterocycles. The number of halogens is 2. The third-order valence-electron chi connectivity index (χ3n) is 5.89. The smallest absolute Gasteiger partial charge is 0.257 e. The van der Waals surface area contributed by atoms with E-state index in [4.69, 9.17) is 5.73 Å². The first-order valence-corrected chi connectivity index (χ1v) is 11.0. The molecule has 0 atom stereocenters. The second kappa shape index (κ2) is 9.99. The number of pyridine rings is 1. The largest absolute Gasteiger partial charge is 0.384 e. The standard InChI is InChI=1S/C24H26F2N6O/c1-2-19-21(15-3-4-20(27)29-12-15)23(32-13-31-19)16-9-17(25)22(18(26)10-16)24(33)30-11-14-5-7-28-8-6-14/h3-4,9-10,12-14,28H,2,5-8,11H2,1H3,(H2,27,29)(H,30,33). The molecule has 1 aliphatic heterocycles. The Morgan fingerprint density at radius 1 is 1.12 bits per heavy atom. The van der Waals surface area contributed by atoms with Gasteiger partial charge in [-0.15, -0.1) is 0 Å². The number of anilines is 1. The van der Waals surface area contributed by atoms with Gasteiger partial charge < -0.3 is 16.4 Å². The van der Waals surface area contributed by atoms with Crippen molar-refractivity contribution >= 4 is 11.7 Å². The number of carbonyl (C=O) groups is 1. The Kier molecular flexibility index (Phi) is 6.88. The summed E-state index contributed by atoms with van der Waals surface area (Å²) >= 11 is 0. The highest BCUT2D eigenvalue weighted by molar-refractivity contribution is 5.95. The molecule has 3 heterocycles. The summed E-state index contributed by atoms with van der Waals surface area (Å²) in [5.41, 5.74) is 7.68. The van der Waals surface area contributed by atoms with Crippen LogP contribution in [-0.4, -0.2) is 40.5 Å². The quantitative estimate of drug-likeness (QED) is 0.530. The number of nitrogen functional groups attached to an aromatic ring is 1. The molecule has 9 heteroatoms. The van der Waals surface area contributed by atoms with Gasteiger partial charge in [-0.05, 0) is 62.5 Å². The summed E-state index contributed by atoms with van der Waals surface area (Å²) in [4.78, 5) is 25.3. The molecule has 1 aromatic carbocycles. The number of piperidine rings is 1. The van der Waals surface area contributed by atoms with Crippen molar-refractivity contribution in [1.82, 2.24) is 25.6 Å². The number of benzene rings is 1. The van der Waals surface area contributed by atoms with Crippen LogP contribution in [0.3, 0.4) is 0 Å². The highest BCUT2D eigenvalue weighted by atomic mass is 19.1. The maximum Gasteiger partial charge on any atom is 0.257 e. The Bertz CT molecular complexity index is 1120. The van der Waals surface area contributed by atoms with Crippen LogP contribution in [0.2, 0.25) is 0 Å². The molecule has 7 nitrogen and oxygen atoms in total. The van der Waals surface area contributed by atoms with Gasteiger partial charge in [0, 0.05) is 29.4 Å². The fourth-order valence-electron chi connectivity index (χ4n) is 4.10. The third kappa shape index (κ3) is 4.98. The van der Waals surface area contributed by atoms with Crippen molar-refractivity contribution in [3.63, 3.8) is 0 Å². The molecule has 0 aliphatic carbocycles. The van der Waals surface area contributed by atoms with E-state index in [1.54, 1.807) is 18.3 Å². The van der Waals surface area contributed by atoms with E-state index in [0.29, 0.717) is 47.2 Å². The van der Waals surface area contributed by atoms with Crippen LogP contribution < -0.4 is 16.4 Å². The van der Waals surface area contributed by atoms with E-state index in [1.165, 1.54) is 6.33 Å². The van der Waals surface area contributed by atoms with Gasteiger partial charge in [0.1, 0.15) is 29.3 Å². The van der Waals surface area contributed by atoms with Crippen LogP contribution in [0.15, 0.2) is 36.8 Å². The maximum atomic E-state index is 15.0. The molecule has 0 unspecified atom stereocenters. The molecule has 0 bridgehead atoms. The molecule has 3 aromatic rings. The molecule has 0 saturated carbocycles. The number of hydrogen-bond donors (Lipinski definition) is 3. The van der Waals surface area contributed by atoms with E-state index in [0.717, 1.165) is 38.1 Å². The first-order chi connectivity index (χ1) is 16.0. The Hall–Kier alpha value is -3.46. The number of amides is 1. The lowest BCUT2D eigenvalue weighted by Gasteiger charge is -2.22. The van der Waals surface area contributed by atoms with E-state index in [-0.39, 0.29) is 5.56 Å². The molecule has 33 heavy (non-hydrogen) atoms. The normalized spacial score (nSPS) is 14.3. The lowest BCUT2D eigenvalue weighted by molar-refractivity contribution is 0.0935. The van der Waals surface area contributed by atoms with Crippen LogP contribution >= 0.6 is 0 Å². The van der Waals surface area contributed by atoms with Crippen molar-refractivity contribution < 1.29 is 13.6 Å². The minimum absolute atomic E-state index is 0.212. The van der Waals surface area contributed by atoms with Crippen LogP contribution in [0, 0.1) is 17.6 Å². The molecule has 4 N–H and O–H groups in total. The second-order valence-corrected chi connectivity index (χ2v) is 8.09. The zero-order valence-corrected chi connectivity index (χ0v) is 18.4. The summed E-state index contributed by atoms with van der Waals surface area (Å²) in [5.74, 6) is -1.98. The molecule has 1 amide bonds. The summed E-state index contributed by atoms with van der Waals surface area (Å²) in [6.07, 6.45) is 5.35. The molecular weight excluding hydrogens is 426 g/mol. The van der Waals surface area contributed by atoms with Gasteiger partial charge in [-0.25, -0.2) is 23.7 Å². The summed E-state index contributed by atoms with van der Waals surface area (Å²) in [6.45, 7) is 4.07. The van der Waals surface area contributed by atoms with Crippen molar-refractivity contribution in [3.8, 4) is 22.4 Å². The summed E-state index contributed by atoms with van der Waals surface area (Å²) in [7, 11) is 0. The number of aromatic nitrogens is 3. The zero-order valence-electron chi connectivity index (χ0n) is 18.4. The number of carbonyl (C=O) groups excluding carboxylic acids is 1. The topological polar surface area (TPSA) is 106 Å². The molecule has 0 spiro atoms. The average Bonchev–Trinajstić information content (AvgIpc) is 2.83. The van der Waals surface area contributed by atoms with Crippen molar-refractivity contribution in [1.29, 1.82) is 0 Å². The Balaban J connectivity index is 1.67. The minimum atomic E-state index is -0.939. The number of hydrogen-bond acceptors (Lipinski definition) is 6. The average molecular weight is 453 g/mol.